The van der Waals surface area contributed by atoms with E-state index in [-0.39, 0.29) is 23.1 Å². The standard InChI is InChI=1S/C16H23N3O3/c1-18-7-3-4-13(18)15(21)19-8-5-16(6-9-19)11-17-14(20)12(16)10-22-2/h3-4,7,12H,5-6,8-11H2,1-2H3,(H,17,20)/t12-/m0/s1. The lowest BCUT2D eigenvalue weighted by Gasteiger charge is -2.41. The molecule has 1 N–H and O–H groups in total. The predicted octanol–water partition coefficient (Wildman–Crippen LogP) is 0.640. The summed E-state index contributed by atoms with van der Waals surface area (Å²) in [5.41, 5.74) is 0.656. The number of aryl methyl sites for hydroxylation is 1. The molecule has 2 saturated heterocycles. The normalized spacial score (nSPS) is 23.8. The Kier molecular flexibility index (Phi) is 3.95. The summed E-state index contributed by atoms with van der Waals surface area (Å²) < 4.78 is 7.08. The van der Waals surface area contributed by atoms with Gasteiger partial charge >= 0.3 is 0 Å². The zero-order valence-electron chi connectivity index (χ0n) is 13.2. The Bertz CT molecular complexity index is 573. The van der Waals surface area contributed by atoms with Gasteiger partial charge in [0.05, 0.1) is 12.5 Å². The van der Waals surface area contributed by atoms with Gasteiger partial charge in [-0.1, -0.05) is 0 Å². The smallest absolute Gasteiger partial charge is 0.270 e. The van der Waals surface area contributed by atoms with Gasteiger partial charge in [-0.15, -0.1) is 0 Å². The molecular formula is C16H23N3O3. The van der Waals surface area contributed by atoms with Crippen molar-refractivity contribution in [3.05, 3.63) is 24.0 Å². The van der Waals surface area contributed by atoms with Crippen LogP contribution in [0.3, 0.4) is 0 Å². The van der Waals surface area contributed by atoms with Crippen molar-refractivity contribution in [2.45, 2.75) is 12.8 Å². The second-order valence-electron chi connectivity index (χ2n) is 6.38. The third kappa shape index (κ3) is 2.41. The van der Waals surface area contributed by atoms with E-state index >= 15 is 0 Å². The lowest BCUT2D eigenvalue weighted by atomic mass is 9.71. The van der Waals surface area contributed by atoms with Crippen LogP contribution in [0.25, 0.3) is 0 Å². The van der Waals surface area contributed by atoms with E-state index in [1.807, 2.05) is 34.8 Å². The molecule has 0 aliphatic carbocycles. The number of methoxy groups -OCH3 is 1. The van der Waals surface area contributed by atoms with E-state index in [1.54, 1.807) is 7.11 Å². The molecule has 0 saturated carbocycles. The third-order valence-electron chi connectivity index (χ3n) is 5.21. The van der Waals surface area contributed by atoms with Crippen LogP contribution in [0.5, 0.6) is 0 Å². The van der Waals surface area contributed by atoms with Crippen LogP contribution < -0.4 is 5.32 Å². The summed E-state index contributed by atoms with van der Waals surface area (Å²) in [4.78, 5) is 26.5. The molecule has 6 heteroatoms. The summed E-state index contributed by atoms with van der Waals surface area (Å²) in [6, 6.07) is 3.73. The van der Waals surface area contributed by atoms with Crippen molar-refractivity contribution in [3.8, 4) is 0 Å². The van der Waals surface area contributed by atoms with E-state index in [1.165, 1.54) is 0 Å². The molecule has 1 spiro atoms. The lowest BCUT2D eigenvalue weighted by Crippen LogP contribution is -2.47. The van der Waals surface area contributed by atoms with Crippen molar-refractivity contribution >= 4 is 11.8 Å². The Hall–Kier alpha value is -1.82. The number of hydrogen-bond acceptors (Lipinski definition) is 3. The highest BCUT2D eigenvalue weighted by Gasteiger charge is 2.50. The monoisotopic (exact) mass is 305 g/mol. The van der Waals surface area contributed by atoms with Crippen LogP contribution in [0.2, 0.25) is 0 Å². The largest absolute Gasteiger partial charge is 0.384 e. The van der Waals surface area contributed by atoms with Gasteiger partial charge in [-0.3, -0.25) is 9.59 Å². The highest BCUT2D eigenvalue weighted by atomic mass is 16.5. The molecule has 2 aliphatic rings. The molecule has 6 nitrogen and oxygen atoms in total. The van der Waals surface area contributed by atoms with Crippen molar-refractivity contribution in [1.82, 2.24) is 14.8 Å². The first-order valence-corrected chi connectivity index (χ1v) is 7.75. The summed E-state index contributed by atoms with van der Waals surface area (Å²) in [7, 11) is 3.51. The van der Waals surface area contributed by atoms with Crippen molar-refractivity contribution in [2.24, 2.45) is 18.4 Å². The number of piperidine rings is 1. The topological polar surface area (TPSA) is 63.6 Å². The summed E-state index contributed by atoms with van der Waals surface area (Å²) in [6.45, 7) is 2.54. The fraction of sp³-hybridized carbons (Fsp3) is 0.625. The van der Waals surface area contributed by atoms with Gasteiger partial charge in [0.1, 0.15) is 5.69 Å². The maximum Gasteiger partial charge on any atom is 0.270 e. The molecule has 0 radical (unpaired) electrons. The molecule has 2 aliphatic heterocycles. The van der Waals surface area contributed by atoms with E-state index in [0.717, 1.165) is 12.8 Å². The summed E-state index contributed by atoms with van der Waals surface area (Å²) in [5, 5.41) is 2.97. The number of amides is 2. The van der Waals surface area contributed by atoms with Crippen LogP contribution in [0, 0.1) is 11.3 Å². The molecule has 3 heterocycles. The fourth-order valence-corrected chi connectivity index (χ4v) is 3.73. The van der Waals surface area contributed by atoms with Crippen molar-refractivity contribution < 1.29 is 14.3 Å². The first kappa shape index (κ1) is 15.1. The molecule has 1 aromatic rings. The lowest BCUT2D eigenvalue weighted by molar-refractivity contribution is -0.126. The molecular weight excluding hydrogens is 282 g/mol. The van der Waals surface area contributed by atoms with E-state index in [9.17, 15) is 9.59 Å². The summed E-state index contributed by atoms with van der Waals surface area (Å²) in [6.07, 6.45) is 3.57. The first-order valence-electron chi connectivity index (χ1n) is 7.75. The van der Waals surface area contributed by atoms with Crippen LogP contribution in [-0.4, -0.2) is 54.6 Å². The third-order valence-corrected chi connectivity index (χ3v) is 5.21. The van der Waals surface area contributed by atoms with Crippen LogP contribution in [0.15, 0.2) is 18.3 Å². The molecule has 0 aromatic carbocycles. The predicted molar refractivity (Wildman–Crippen MR) is 81.4 cm³/mol. The van der Waals surface area contributed by atoms with Gasteiger partial charge in [-0.2, -0.15) is 0 Å². The van der Waals surface area contributed by atoms with Gasteiger partial charge in [0.25, 0.3) is 5.91 Å². The summed E-state index contributed by atoms with van der Waals surface area (Å²) >= 11 is 0. The maximum atomic E-state index is 12.6. The number of rotatable bonds is 3. The number of nitrogens with zero attached hydrogens (tertiary/aromatic N) is 2. The minimum atomic E-state index is -0.0928. The quantitative estimate of drug-likeness (QED) is 0.891. The number of hydrogen-bond donors (Lipinski definition) is 1. The van der Waals surface area contributed by atoms with E-state index in [4.69, 9.17) is 4.74 Å². The fourth-order valence-electron chi connectivity index (χ4n) is 3.73. The van der Waals surface area contributed by atoms with E-state index in [0.29, 0.717) is 31.9 Å². The second-order valence-corrected chi connectivity index (χ2v) is 6.38. The number of nitrogens with one attached hydrogen (secondary N) is 1. The molecule has 1 atom stereocenters. The van der Waals surface area contributed by atoms with Gasteiger partial charge in [-0.25, -0.2) is 0 Å². The Morgan fingerprint density at radius 1 is 1.45 bits per heavy atom. The number of carbonyl (C=O) groups is 2. The van der Waals surface area contributed by atoms with Gasteiger partial charge in [0.2, 0.25) is 5.91 Å². The first-order chi connectivity index (χ1) is 10.6. The van der Waals surface area contributed by atoms with Gasteiger partial charge in [0, 0.05) is 45.4 Å². The minimum Gasteiger partial charge on any atom is -0.384 e. The summed E-state index contributed by atoms with van der Waals surface area (Å²) in [5.74, 6) is 0.0665. The highest BCUT2D eigenvalue weighted by Crippen LogP contribution is 2.42. The Balaban J connectivity index is 1.69. The van der Waals surface area contributed by atoms with Gasteiger partial charge in [-0.05, 0) is 25.0 Å². The second kappa shape index (κ2) is 5.76. The van der Waals surface area contributed by atoms with Crippen LogP contribution in [-0.2, 0) is 16.6 Å². The number of aromatic nitrogens is 1. The maximum absolute atomic E-state index is 12.6. The van der Waals surface area contributed by atoms with Gasteiger partial charge in [0.15, 0.2) is 0 Å². The van der Waals surface area contributed by atoms with Crippen LogP contribution in [0.1, 0.15) is 23.3 Å². The molecule has 2 fully saturated rings. The van der Waals surface area contributed by atoms with Crippen LogP contribution in [0.4, 0.5) is 0 Å². The molecule has 1 aromatic heterocycles. The zero-order valence-corrected chi connectivity index (χ0v) is 13.2. The average Bonchev–Trinajstić information content (AvgIpc) is 3.07. The molecule has 0 bridgehead atoms. The molecule has 22 heavy (non-hydrogen) atoms. The average molecular weight is 305 g/mol. The van der Waals surface area contributed by atoms with Crippen LogP contribution >= 0.6 is 0 Å². The Morgan fingerprint density at radius 2 is 2.18 bits per heavy atom. The van der Waals surface area contributed by atoms with E-state index < -0.39 is 0 Å². The molecule has 0 unspecified atom stereocenters. The number of ether oxygens (including phenoxy) is 1. The molecule has 120 valence electrons. The van der Waals surface area contributed by atoms with Crippen molar-refractivity contribution in [2.75, 3.05) is 33.4 Å². The van der Waals surface area contributed by atoms with Crippen molar-refractivity contribution in [1.29, 1.82) is 0 Å². The van der Waals surface area contributed by atoms with Crippen molar-refractivity contribution in [3.63, 3.8) is 0 Å². The Morgan fingerprint density at radius 3 is 2.77 bits per heavy atom. The molecule has 3 rings (SSSR count). The van der Waals surface area contributed by atoms with E-state index in [2.05, 4.69) is 5.32 Å². The highest BCUT2D eigenvalue weighted by molar-refractivity contribution is 5.93. The van der Waals surface area contributed by atoms with Gasteiger partial charge < -0.3 is 19.5 Å². The number of carbonyl (C=O) groups excluding carboxylic acids is 2. The SMILES string of the molecule is COC[C@H]1C(=O)NCC12CCN(C(=O)c1cccn1C)CC2. The zero-order chi connectivity index (χ0) is 15.7. The Labute approximate surface area is 130 Å². The molecule has 2 amide bonds. The number of likely N-dealkylation sites (tertiary alicyclic amines) is 1. The minimum absolute atomic E-state index is 0.0575.